The predicted molar refractivity (Wildman–Crippen MR) is 54.9 cm³/mol. The van der Waals surface area contributed by atoms with Crippen LogP contribution < -0.4 is 5.32 Å². The number of aliphatic carboxylic acids is 1. The summed E-state index contributed by atoms with van der Waals surface area (Å²) in [5, 5.41) is 20.9. The minimum absolute atomic E-state index is 0.293. The molecule has 6 nitrogen and oxygen atoms in total. The van der Waals surface area contributed by atoms with Crippen molar-refractivity contribution in [2.45, 2.75) is 37.3 Å². The van der Waals surface area contributed by atoms with Crippen molar-refractivity contribution in [3.63, 3.8) is 0 Å². The standard InChI is InChI=1S/C10H16N2O4/c13-7-2-5-12(6-7)9(16)11-10(8(14)15)3-1-4-10/h7,13H,1-6H2,(H,11,16)(H,14,15). The zero-order valence-corrected chi connectivity index (χ0v) is 8.98. The van der Waals surface area contributed by atoms with E-state index in [4.69, 9.17) is 5.11 Å². The normalized spacial score (nSPS) is 27.3. The molecule has 2 amide bonds. The number of carbonyl (C=O) groups is 2. The first-order valence-corrected chi connectivity index (χ1v) is 5.52. The smallest absolute Gasteiger partial charge is 0.329 e. The molecule has 1 aliphatic heterocycles. The van der Waals surface area contributed by atoms with E-state index in [2.05, 4.69) is 5.32 Å². The molecular formula is C10H16N2O4. The second kappa shape index (κ2) is 3.93. The first-order valence-electron chi connectivity index (χ1n) is 5.52. The van der Waals surface area contributed by atoms with Gasteiger partial charge >= 0.3 is 12.0 Å². The maximum absolute atomic E-state index is 11.7. The highest BCUT2D eigenvalue weighted by atomic mass is 16.4. The SMILES string of the molecule is O=C(NC1(C(=O)O)CCC1)N1CCC(O)C1. The Kier molecular flexibility index (Phi) is 2.75. The molecular weight excluding hydrogens is 212 g/mol. The van der Waals surface area contributed by atoms with E-state index < -0.39 is 17.6 Å². The molecule has 0 bridgehead atoms. The third-order valence-corrected chi connectivity index (χ3v) is 3.41. The molecule has 16 heavy (non-hydrogen) atoms. The molecule has 3 N–H and O–H groups in total. The summed E-state index contributed by atoms with van der Waals surface area (Å²) in [4.78, 5) is 24.2. The topological polar surface area (TPSA) is 89.9 Å². The van der Waals surface area contributed by atoms with E-state index >= 15 is 0 Å². The number of aliphatic hydroxyl groups excluding tert-OH is 1. The maximum Gasteiger partial charge on any atom is 0.329 e. The summed E-state index contributed by atoms with van der Waals surface area (Å²) in [6.45, 7) is 0.782. The van der Waals surface area contributed by atoms with Crippen molar-refractivity contribution >= 4 is 12.0 Å². The summed E-state index contributed by atoms with van der Waals surface area (Å²) in [5.74, 6) is -0.966. The van der Waals surface area contributed by atoms with Crippen LogP contribution in [-0.4, -0.2) is 51.8 Å². The van der Waals surface area contributed by atoms with Crippen LogP contribution in [0.5, 0.6) is 0 Å². The summed E-state index contributed by atoms with van der Waals surface area (Å²) in [6, 6.07) is -0.376. The zero-order valence-electron chi connectivity index (χ0n) is 8.98. The van der Waals surface area contributed by atoms with E-state index in [1.807, 2.05) is 0 Å². The molecule has 1 atom stereocenters. The molecule has 0 radical (unpaired) electrons. The average molecular weight is 228 g/mol. The van der Waals surface area contributed by atoms with Crippen LogP contribution in [0.25, 0.3) is 0 Å². The number of carboxylic acid groups (broad SMARTS) is 1. The Balaban J connectivity index is 1.94. The van der Waals surface area contributed by atoms with Gasteiger partial charge in [-0.3, -0.25) is 0 Å². The van der Waals surface area contributed by atoms with Gasteiger partial charge in [0.1, 0.15) is 5.54 Å². The molecule has 1 aliphatic carbocycles. The minimum atomic E-state index is -1.06. The van der Waals surface area contributed by atoms with Gasteiger partial charge in [0.2, 0.25) is 0 Å². The van der Waals surface area contributed by atoms with E-state index in [0.717, 1.165) is 6.42 Å². The number of carboxylic acids is 1. The van der Waals surface area contributed by atoms with E-state index in [1.54, 1.807) is 0 Å². The number of urea groups is 1. The lowest BCUT2D eigenvalue weighted by atomic mass is 9.77. The Morgan fingerprint density at radius 1 is 1.38 bits per heavy atom. The van der Waals surface area contributed by atoms with Crippen molar-refractivity contribution in [2.75, 3.05) is 13.1 Å². The molecule has 1 saturated heterocycles. The third-order valence-electron chi connectivity index (χ3n) is 3.41. The van der Waals surface area contributed by atoms with Crippen molar-refractivity contribution < 1.29 is 19.8 Å². The quantitative estimate of drug-likeness (QED) is 0.609. The number of likely N-dealkylation sites (tertiary alicyclic amines) is 1. The molecule has 0 aromatic rings. The van der Waals surface area contributed by atoms with Crippen molar-refractivity contribution in [2.24, 2.45) is 0 Å². The fraction of sp³-hybridized carbons (Fsp3) is 0.800. The van der Waals surface area contributed by atoms with Gasteiger partial charge in [0.05, 0.1) is 6.10 Å². The highest BCUT2D eigenvalue weighted by Gasteiger charge is 2.46. The van der Waals surface area contributed by atoms with Crippen LogP contribution in [0, 0.1) is 0 Å². The van der Waals surface area contributed by atoms with Gasteiger partial charge in [0, 0.05) is 13.1 Å². The molecule has 90 valence electrons. The summed E-state index contributed by atoms with van der Waals surface area (Å²) >= 11 is 0. The Bertz CT molecular complexity index is 314. The van der Waals surface area contributed by atoms with Gasteiger partial charge in [-0.25, -0.2) is 9.59 Å². The second-order valence-electron chi connectivity index (χ2n) is 4.56. The van der Waals surface area contributed by atoms with E-state index in [9.17, 15) is 14.7 Å². The lowest BCUT2D eigenvalue weighted by molar-refractivity contribution is -0.148. The molecule has 1 saturated carbocycles. The van der Waals surface area contributed by atoms with Crippen LogP contribution in [0.15, 0.2) is 0 Å². The Labute approximate surface area is 93.2 Å². The molecule has 0 spiro atoms. The molecule has 1 heterocycles. The largest absolute Gasteiger partial charge is 0.480 e. The summed E-state index contributed by atoms with van der Waals surface area (Å²) < 4.78 is 0. The fourth-order valence-electron chi connectivity index (χ4n) is 2.13. The monoisotopic (exact) mass is 228 g/mol. The van der Waals surface area contributed by atoms with Crippen molar-refractivity contribution in [1.29, 1.82) is 0 Å². The van der Waals surface area contributed by atoms with Crippen LogP contribution >= 0.6 is 0 Å². The molecule has 6 heteroatoms. The minimum Gasteiger partial charge on any atom is -0.480 e. The number of rotatable bonds is 2. The van der Waals surface area contributed by atoms with Gasteiger partial charge in [-0.2, -0.15) is 0 Å². The highest BCUT2D eigenvalue weighted by Crippen LogP contribution is 2.32. The van der Waals surface area contributed by atoms with E-state index in [-0.39, 0.29) is 6.03 Å². The number of hydrogen-bond donors (Lipinski definition) is 3. The lowest BCUT2D eigenvalue weighted by Crippen LogP contribution is -2.61. The Morgan fingerprint density at radius 2 is 2.06 bits per heavy atom. The number of carbonyl (C=O) groups excluding carboxylic acids is 1. The molecule has 1 unspecified atom stereocenters. The van der Waals surface area contributed by atoms with Gasteiger partial charge in [-0.15, -0.1) is 0 Å². The molecule has 2 fully saturated rings. The van der Waals surface area contributed by atoms with Gasteiger partial charge in [0.25, 0.3) is 0 Å². The van der Waals surface area contributed by atoms with Gasteiger partial charge < -0.3 is 20.4 Å². The summed E-state index contributed by atoms with van der Waals surface area (Å²) in [6.07, 6.45) is 1.89. The number of hydrogen-bond acceptors (Lipinski definition) is 3. The van der Waals surface area contributed by atoms with Crippen LogP contribution in [0.3, 0.4) is 0 Å². The van der Waals surface area contributed by atoms with Gasteiger partial charge in [0.15, 0.2) is 0 Å². The predicted octanol–water partition coefficient (Wildman–Crippen LogP) is -0.230. The summed E-state index contributed by atoms with van der Waals surface area (Å²) in [5.41, 5.74) is -1.06. The van der Waals surface area contributed by atoms with Crippen LogP contribution in [0.4, 0.5) is 4.79 Å². The zero-order chi connectivity index (χ0) is 11.8. The molecule has 0 aromatic heterocycles. The van der Waals surface area contributed by atoms with Gasteiger partial charge in [-0.1, -0.05) is 0 Å². The molecule has 2 rings (SSSR count). The van der Waals surface area contributed by atoms with Gasteiger partial charge in [-0.05, 0) is 25.7 Å². The maximum atomic E-state index is 11.7. The first kappa shape index (κ1) is 11.2. The Hall–Kier alpha value is -1.30. The van der Waals surface area contributed by atoms with Crippen LogP contribution in [0.2, 0.25) is 0 Å². The van der Waals surface area contributed by atoms with Crippen molar-refractivity contribution in [3.05, 3.63) is 0 Å². The number of aliphatic hydroxyl groups is 1. The fourth-order valence-corrected chi connectivity index (χ4v) is 2.13. The van der Waals surface area contributed by atoms with Crippen molar-refractivity contribution in [1.82, 2.24) is 10.2 Å². The second-order valence-corrected chi connectivity index (χ2v) is 4.56. The Morgan fingerprint density at radius 3 is 2.44 bits per heavy atom. The van der Waals surface area contributed by atoms with E-state index in [0.29, 0.717) is 32.4 Å². The van der Waals surface area contributed by atoms with E-state index in [1.165, 1.54) is 4.90 Å². The highest BCUT2D eigenvalue weighted by molar-refractivity contribution is 5.87. The third kappa shape index (κ3) is 1.84. The van der Waals surface area contributed by atoms with Crippen LogP contribution in [-0.2, 0) is 4.79 Å². The lowest BCUT2D eigenvalue weighted by Gasteiger charge is -2.39. The number of β-amino-alcohol motifs (C(OH)–C–C–N with tert-alkyl or cyclic N) is 1. The first-order chi connectivity index (χ1) is 7.53. The average Bonchev–Trinajstić information content (AvgIpc) is 2.57. The number of amides is 2. The number of nitrogens with one attached hydrogen (secondary N) is 1. The van der Waals surface area contributed by atoms with Crippen molar-refractivity contribution in [3.8, 4) is 0 Å². The molecule has 2 aliphatic rings. The molecule has 0 aromatic carbocycles. The van der Waals surface area contributed by atoms with Crippen LogP contribution in [0.1, 0.15) is 25.7 Å². The number of nitrogens with zero attached hydrogens (tertiary/aromatic N) is 1. The summed E-state index contributed by atoms with van der Waals surface area (Å²) in [7, 11) is 0.